The molecule has 30 heavy (non-hydrogen) atoms. The third-order valence-electron chi connectivity index (χ3n) is 5.73. The summed E-state index contributed by atoms with van der Waals surface area (Å²) in [6.45, 7) is 6.82. The van der Waals surface area contributed by atoms with Gasteiger partial charge in [-0.3, -0.25) is 4.79 Å². The molecule has 1 heterocycles. The number of hydrogen-bond acceptors (Lipinski definition) is 3. The molecule has 1 atom stereocenters. The molecule has 1 N–H and O–H groups in total. The monoisotopic (exact) mass is 448 g/mol. The van der Waals surface area contributed by atoms with Crippen molar-refractivity contribution < 1.29 is 13.2 Å². The van der Waals surface area contributed by atoms with Crippen molar-refractivity contribution in [2.75, 3.05) is 13.1 Å². The minimum atomic E-state index is -3.42. The lowest BCUT2D eigenvalue weighted by Crippen LogP contribution is -2.43. The van der Waals surface area contributed by atoms with E-state index in [2.05, 4.69) is 37.4 Å². The zero-order valence-corrected chi connectivity index (χ0v) is 19.3. The minimum absolute atomic E-state index is 0.00257. The molecule has 0 saturated carbocycles. The summed E-state index contributed by atoms with van der Waals surface area (Å²) in [5.41, 5.74) is 4.17. The number of aryl methyl sites for hydroxylation is 2. The van der Waals surface area contributed by atoms with Crippen LogP contribution in [0.2, 0.25) is 5.02 Å². The standard InChI is InChI=1S/C23H29ClN2O3S/c1-16-4-9-22(17(2)14-16)18(3)25-23(27)20-10-12-26(13-11-20)30(28,29)15-19-5-7-21(24)8-6-19/h4-9,14,18,20H,10-13,15H2,1-3H3,(H,25,27). The number of piperidine rings is 1. The Balaban J connectivity index is 1.55. The SMILES string of the molecule is Cc1ccc(C(C)NC(=O)C2CCN(S(=O)(=O)Cc3ccc(Cl)cc3)CC2)c(C)c1. The molecule has 5 nitrogen and oxygen atoms in total. The summed E-state index contributed by atoms with van der Waals surface area (Å²) >= 11 is 5.87. The normalized spacial score (nSPS) is 16.9. The van der Waals surface area contributed by atoms with Gasteiger partial charge in [-0.15, -0.1) is 0 Å². The fraction of sp³-hybridized carbons (Fsp3) is 0.435. The molecule has 1 aliphatic rings. The van der Waals surface area contributed by atoms with Crippen LogP contribution in [0.25, 0.3) is 0 Å². The summed E-state index contributed by atoms with van der Waals surface area (Å²) in [7, 11) is -3.42. The molecule has 162 valence electrons. The van der Waals surface area contributed by atoms with Crippen LogP contribution in [-0.2, 0) is 20.6 Å². The molecule has 0 radical (unpaired) electrons. The Bertz CT molecular complexity index is 998. The van der Waals surface area contributed by atoms with Crippen molar-refractivity contribution in [1.82, 2.24) is 9.62 Å². The van der Waals surface area contributed by atoms with Crippen molar-refractivity contribution >= 4 is 27.5 Å². The number of amides is 1. The first-order valence-electron chi connectivity index (χ1n) is 10.3. The van der Waals surface area contributed by atoms with Crippen molar-refractivity contribution in [1.29, 1.82) is 0 Å². The van der Waals surface area contributed by atoms with E-state index in [1.807, 2.05) is 6.92 Å². The maximum absolute atomic E-state index is 12.7. The number of halogens is 1. The summed E-state index contributed by atoms with van der Waals surface area (Å²) in [6, 6.07) is 13.0. The number of hydrogen-bond donors (Lipinski definition) is 1. The molecule has 0 aromatic heterocycles. The van der Waals surface area contributed by atoms with E-state index in [1.54, 1.807) is 24.3 Å². The largest absolute Gasteiger partial charge is 0.349 e. The van der Waals surface area contributed by atoms with Gasteiger partial charge in [0.25, 0.3) is 0 Å². The Morgan fingerprint density at radius 3 is 2.37 bits per heavy atom. The summed E-state index contributed by atoms with van der Waals surface area (Å²) in [5.74, 6) is -0.220. The van der Waals surface area contributed by atoms with Gasteiger partial charge < -0.3 is 5.32 Å². The molecule has 1 fully saturated rings. The van der Waals surface area contributed by atoms with E-state index >= 15 is 0 Å². The fourth-order valence-electron chi connectivity index (χ4n) is 4.00. The van der Waals surface area contributed by atoms with Crippen molar-refractivity contribution in [3.63, 3.8) is 0 Å². The maximum Gasteiger partial charge on any atom is 0.223 e. The number of benzene rings is 2. The number of rotatable bonds is 6. The van der Waals surface area contributed by atoms with E-state index in [4.69, 9.17) is 11.6 Å². The Morgan fingerprint density at radius 1 is 1.13 bits per heavy atom. The van der Waals surface area contributed by atoms with Gasteiger partial charge in [-0.1, -0.05) is 47.5 Å². The van der Waals surface area contributed by atoms with Crippen LogP contribution in [-0.4, -0.2) is 31.7 Å². The predicted molar refractivity (Wildman–Crippen MR) is 121 cm³/mol. The molecule has 0 aliphatic carbocycles. The van der Waals surface area contributed by atoms with Crippen LogP contribution in [0.15, 0.2) is 42.5 Å². The van der Waals surface area contributed by atoms with Crippen LogP contribution < -0.4 is 5.32 Å². The smallest absolute Gasteiger partial charge is 0.223 e. The van der Waals surface area contributed by atoms with E-state index < -0.39 is 10.0 Å². The highest BCUT2D eigenvalue weighted by molar-refractivity contribution is 7.88. The molecule has 0 bridgehead atoms. The van der Waals surface area contributed by atoms with Crippen LogP contribution in [0, 0.1) is 19.8 Å². The average Bonchev–Trinajstić information content (AvgIpc) is 2.69. The van der Waals surface area contributed by atoms with E-state index in [0.717, 1.165) is 11.1 Å². The Hall–Kier alpha value is -1.89. The lowest BCUT2D eigenvalue weighted by Gasteiger charge is -2.31. The Morgan fingerprint density at radius 2 is 1.77 bits per heavy atom. The quantitative estimate of drug-likeness (QED) is 0.713. The van der Waals surface area contributed by atoms with Crippen molar-refractivity contribution in [2.45, 2.75) is 45.4 Å². The van der Waals surface area contributed by atoms with Gasteiger partial charge in [0.2, 0.25) is 15.9 Å². The molecule has 7 heteroatoms. The zero-order chi connectivity index (χ0) is 21.9. The Labute approximate surface area is 184 Å². The summed E-state index contributed by atoms with van der Waals surface area (Å²) in [5, 5.41) is 3.69. The molecule has 1 amide bonds. The molecule has 2 aromatic carbocycles. The summed E-state index contributed by atoms with van der Waals surface area (Å²) in [4.78, 5) is 12.7. The summed E-state index contributed by atoms with van der Waals surface area (Å²) < 4.78 is 27.0. The first-order valence-corrected chi connectivity index (χ1v) is 12.2. The van der Waals surface area contributed by atoms with Crippen LogP contribution >= 0.6 is 11.6 Å². The molecular weight excluding hydrogens is 420 g/mol. The van der Waals surface area contributed by atoms with Crippen LogP contribution in [0.4, 0.5) is 0 Å². The van der Waals surface area contributed by atoms with Crippen molar-refractivity contribution in [3.8, 4) is 0 Å². The molecule has 3 rings (SSSR count). The number of sulfonamides is 1. The van der Waals surface area contributed by atoms with Gasteiger partial charge in [-0.25, -0.2) is 12.7 Å². The first-order chi connectivity index (χ1) is 14.2. The molecule has 1 saturated heterocycles. The number of nitrogens with one attached hydrogen (secondary N) is 1. The van der Waals surface area contributed by atoms with Crippen molar-refractivity contribution in [2.24, 2.45) is 5.92 Å². The maximum atomic E-state index is 12.7. The second-order valence-corrected chi connectivity index (χ2v) is 10.6. The highest BCUT2D eigenvalue weighted by Crippen LogP contribution is 2.24. The molecule has 0 spiro atoms. The van der Waals surface area contributed by atoms with Gasteiger partial charge >= 0.3 is 0 Å². The number of carbonyl (C=O) groups is 1. The van der Waals surface area contributed by atoms with Crippen LogP contribution in [0.5, 0.6) is 0 Å². The average molecular weight is 449 g/mol. The highest BCUT2D eigenvalue weighted by atomic mass is 35.5. The lowest BCUT2D eigenvalue weighted by molar-refractivity contribution is -0.126. The zero-order valence-electron chi connectivity index (χ0n) is 17.7. The topological polar surface area (TPSA) is 66.5 Å². The predicted octanol–water partition coefficient (Wildman–Crippen LogP) is 4.38. The second-order valence-electron chi connectivity index (χ2n) is 8.15. The van der Waals surface area contributed by atoms with Crippen LogP contribution in [0.1, 0.15) is 48.1 Å². The minimum Gasteiger partial charge on any atom is -0.349 e. The van der Waals surface area contributed by atoms with E-state index in [1.165, 1.54) is 9.87 Å². The van der Waals surface area contributed by atoms with Gasteiger partial charge in [0.15, 0.2) is 0 Å². The lowest BCUT2D eigenvalue weighted by atomic mass is 9.95. The van der Waals surface area contributed by atoms with Crippen molar-refractivity contribution in [3.05, 3.63) is 69.7 Å². The van der Waals surface area contributed by atoms with Gasteiger partial charge in [0, 0.05) is 24.0 Å². The Kier molecular flexibility index (Phi) is 7.22. The third-order valence-corrected chi connectivity index (χ3v) is 7.83. The van der Waals surface area contributed by atoms with Gasteiger partial charge in [0.1, 0.15) is 0 Å². The number of nitrogens with zero attached hydrogens (tertiary/aromatic N) is 1. The van der Waals surface area contributed by atoms with E-state index in [9.17, 15) is 13.2 Å². The fourth-order valence-corrected chi connectivity index (χ4v) is 5.69. The molecule has 2 aromatic rings. The summed E-state index contributed by atoms with van der Waals surface area (Å²) in [6.07, 6.45) is 1.07. The van der Waals surface area contributed by atoms with Gasteiger partial charge in [-0.05, 0) is 62.4 Å². The second kappa shape index (κ2) is 9.50. The van der Waals surface area contributed by atoms with Gasteiger partial charge in [0.05, 0.1) is 11.8 Å². The molecule has 1 unspecified atom stereocenters. The third kappa shape index (κ3) is 5.62. The first kappa shape index (κ1) is 22.8. The highest BCUT2D eigenvalue weighted by Gasteiger charge is 2.31. The molecular formula is C23H29ClN2O3S. The number of carbonyl (C=O) groups excluding carboxylic acids is 1. The molecule has 1 aliphatic heterocycles. The van der Waals surface area contributed by atoms with Gasteiger partial charge in [-0.2, -0.15) is 0 Å². The van der Waals surface area contributed by atoms with E-state index in [-0.39, 0.29) is 23.6 Å². The van der Waals surface area contributed by atoms with E-state index in [0.29, 0.717) is 36.5 Å². The van der Waals surface area contributed by atoms with Crippen LogP contribution in [0.3, 0.4) is 0 Å².